The second-order valence-corrected chi connectivity index (χ2v) is 5.33. The minimum atomic E-state index is 0.347. The highest BCUT2D eigenvalue weighted by atomic mass is 16.5. The number of aromatic nitrogens is 3. The lowest BCUT2D eigenvalue weighted by Crippen LogP contribution is -2.38. The van der Waals surface area contributed by atoms with Crippen LogP contribution in [0.3, 0.4) is 0 Å². The molecule has 0 bridgehead atoms. The fourth-order valence-electron chi connectivity index (χ4n) is 2.55. The minimum Gasteiger partial charge on any atom is -0.381 e. The molecule has 1 N–H and O–H groups in total. The molecule has 0 unspecified atom stereocenters. The Kier molecular flexibility index (Phi) is 5.12. The summed E-state index contributed by atoms with van der Waals surface area (Å²) in [5, 5.41) is 3.40. The molecule has 0 radical (unpaired) electrons. The van der Waals surface area contributed by atoms with Crippen LogP contribution in [0.1, 0.15) is 18.7 Å². The maximum Gasteiger partial charge on any atom is 0.230 e. The Labute approximate surface area is 130 Å². The van der Waals surface area contributed by atoms with E-state index in [0.717, 1.165) is 39.1 Å². The molecule has 2 aliphatic rings. The third kappa shape index (κ3) is 3.89. The lowest BCUT2D eigenvalue weighted by atomic mass is 10.1. The average Bonchev–Trinajstić information content (AvgIpc) is 2.57. The molecular formula is C14H22N6O2. The molecule has 2 fully saturated rings. The SMILES string of the molecule is CN=Cc1nc(NC2CCOCC2)nc(N2CCOCC2)n1. The topological polar surface area (TPSA) is 84.8 Å². The molecule has 2 aliphatic heterocycles. The number of nitrogens with one attached hydrogen (secondary N) is 1. The molecule has 3 heterocycles. The van der Waals surface area contributed by atoms with E-state index in [1.54, 1.807) is 13.3 Å². The van der Waals surface area contributed by atoms with Crippen LogP contribution in [0.4, 0.5) is 11.9 Å². The third-order valence-electron chi connectivity index (χ3n) is 3.73. The van der Waals surface area contributed by atoms with Crippen molar-refractivity contribution in [2.75, 3.05) is 56.8 Å². The molecule has 0 saturated carbocycles. The van der Waals surface area contributed by atoms with Crippen molar-refractivity contribution < 1.29 is 9.47 Å². The molecule has 0 aromatic carbocycles. The molecule has 1 aromatic rings. The van der Waals surface area contributed by atoms with Crippen molar-refractivity contribution in [1.29, 1.82) is 0 Å². The standard InChI is InChI=1S/C14H22N6O2/c1-15-10-12-17-13(16-11-2-6-21-7-3-11)19-14(18-12)20-4-8-22-9-5-20/h10-11H,2-9H2,1H3,(H,16,17,18,19). The Hall–Kier alpha value is -1.80. The zero-order valence-electron chi connectivity index (χ0n) is 12.9. The number of anilines is 2. The Balaban J connectivity index is 1.79. The monoisotopic (exact) mass is 306 g/mol. The van der Waals surface area contributed by atoms with E-state index in [1.165, 1.54) is 0 Å². The Morgan fingerprint density at radius 2 is 1.82 bits per heavy atom. The van der Waals surface area contributed by atoms with E-state index in [9.17, 15) is 0 Å². The average molecular weight is 306 g/mol. The van der Waals surface area contributed by atoms with Crippen molar-refractivity contribution in [2.45, 2.75) is 18.9 Å². The Morgan fingerprint density at radius 1 is 1.09 bits per heavy atom. The number of nitrogens with zero attached hydrogens (tertiary/aromatic N) is 5. The predicted molar refractivity (Wildman–Crippen MR) is 83.8 cm³/mol. The fourth-order valence-corrected chi connectivity index (χ4v) is 2.55. The van der Waals surface area contributed by atoms with Crippen molar-refractivity contribution in [3.05, 3.63) is 5.82 Å². The summed E-state index contributed by atoms with van der Waals surface area (Å²) in [7, 11) is 1.71. The highest BCUT2D eigenvalue weighted by molar-refractivity contribution is 5.75. The van der Waals surface area contributed by atoms with Gasteiger partial charge in [0.2, 0.25) is 11.9 Å². The van der Waals surface area contributed by atoms with E-state index < -0.39 is 0 Å². The molecule has 8 heteroatoms. The normalized spacial score (nSPS) is 20.5. The number of ether oxygens (including phenoxy) is 2. The summed E-state index contributed by atoms with van der Waals surface area (Å²) in [6, 6.07) is 0.347. The van der Waals surface area contributed by atoms with Gasteiger partial charge in [0.15, 0.2) is 5.82 Å². The Bertz CT molecular complexity index is 512. The number of morpholine rings is 1. The molecule has 0 aliphatic carbocycles. The zero-order chi connectivity index (χ0) is 15.2. The van der Waals surface area contributed by atoms with Crippen LogP contribution in [0.5, 0.6) is 0 Å². The summed E-state index contributed by atoms with van der Waals surface area (Å²) in [5.41, 5.74) is 0. The van der Waals surface area contributed by atoms with Gasteiger partial charge in [0.25, 0.3) is 0 Å². The van der Waals surface area contributed by atoms with Crippen LogP contribution in [0, 0.1) is 0 Å². The van der Waals surface area contributed by atoms with Gasteiger partial charge in [0.05, 0.1) is 19.4 Å². The van der Waals surface area contributed by atoms with Crippen LogP contribution >= 0.6 is 0 Å². The molecular weight excluding hydrogens is 284 g/mol. The summed E-state index contributed by atoms with van der Waals surface area (Å²) in [4.78, 5) is 19.6. The van der Waals surface area contributed by atoms with Crippen molar-refractivity contribution in [1.82, 2.24) is 15.0 Å². The first-order valence-corrected chi connectivity index (χ1v) is 7.70. The van der Waals surface area contributed by atoms with E-state index in [4.69, 9.17) is 9.47 Å². The molecule has 0 spiro atoms. The van der Waals surface area contributed by atoms with Crippen LogP contribution in [0.15, 0.2) is 4.99 Å². The Morgan fingerprint density at radius 3 is 2.55 bits per heavy atom. The number of hydrogen-bond acceptors (Lipinski definition) is 8. The van der Waals surface area contributed by atoms with Crippen molar-refractivity contribution in [3.8, 4) is 0 Å². The predicted octanol–water partition coefficient (Wildman–Crippen LogP) is 0.348. The lowest BCUT2D eigenvalue weighted by molar-refractivity contribution is 0.0903. The van der Waals surface area contributed by atoms with Crippen molar-refractivity contribution >= 4 is 18.1 Å². The van der Waals surface area contributed by atoms with Gasteiger partial charge in [0, 0.05) is 39.4 Å². The number of rotatable bonds is 4. The van der Waals surface area contributed by atoms with E-state index in [2.05, 4.69) is 30.2 Å². The second kappa shape index (κ2) is 7.46. The van der Waals surface area contributed by atoms with E-state index in [1.807, 2.05) is 0 Å². The summed E-state index contributed by atoms with van der Waals surface area (Å²) in [6.07, 6.45) is 3.59. The van der Waals surface area contributed by atoms with Crippen molar-refractivity contribution in [2.24, 2.45) is 4.99 Å². The molecule has 0 atom stereocenters. The molecule has 1 aromatic heterocycles. The number of aliphatic imine (C=N–C) groups is 1. The first kappa shape index (κ1) is 15.1. The van der Waals surface area contributed by atoms with Gasteiger partial charge in [-0.2, -0.15) is 15.0 Å². The van der Waals surface area contributed by atoms with Crippen molar-refractivity contribution in [3.63, 3.8) is 0 Å². The third-order valence-corrected chi connectivity index (χ3v) is 3.73. The van der Waals surface area contributed by atoms with Crippen LogP contribution in [-0.2, 0) is 9.47 Å². The lowest BCUT2D eigenvalue weighted by Gasteiger charge is -2.27. The molecule has 22 heavy (non-hydrogen) atoms. The molecule has 120 valence electrons. The summed E-state index contributed by atoms with van der Waals surface area (Å²) in [6.45, 7) is 4.55. The van der Waals surface area contributed by atoms with Crippen LogP contribution in [0.25, 0.3) is 0 Å². The quantitative estimate of drug-likeness (QED) is 0.803. The van der Waals surface area contributed by atoms with Crippen LogP contribution in [0.2, 0.25) is 0 Å². The molecule has 8 nitrogen and oxygen atoms in total. The molecule has 2 saturated heterocycles. The minimum absolute atomic E-state index is 0.347. The van der Waals surface area contributed by atoms with Gasteiger partial charge in [0.1, 0.15) is 0 Å². The maximum absolute atomic E-state index is 5.38. The van der Waals surface area contributed by atoms with Gasteiger partial charge >= 0.3 is 0 Å². The maximum atomic E-state index is 5.38. The van der Waals surface area contributed by atoms with Gasteiger partial charge in [-0.05, 0) is 12.8 Å². The van der Waals surface area contributed by atoms with Crippen LogP contribution < -0.4 is 10.2 Å². The van der Waals surface area contributed by atoms with Gasteiger partial charge in [-0.3, -0.25) is 4.99 Å². The smallest absolute Gasteiger partial charge is 0.230 e. The molecule has 3 rings (SSSR count). The second-order valence-electron chi connectivity index (χ2n) is 5.33. The van der Waals surface area contributed by atoms with Gasteiger partial charge in [-0.25, -0.2) is 0 Å². The van der Waals surface area contributed by atoms with E-state index in [0.29, 0.717) is 37.0 Å². The zero-order valence-corrected chi connectivity index (χ0v) is 12.9. The van der Waals surface area contributed by atoms with E-state index in [-0.39, 0.29) is 0 Å². The largest absolute Gasteiger partial charge is 0.381 e. The highest BCUT2D eigenvalue weighted by Gasteiger charge is 2.19. The summed E-state index contributed by atoms with van der Waals surface area (Å²) >= 11 is 0. The summed E-state index contributed by atoms with van der Waals surface area (Å²) < 4.78 is 10.8. The van der Waals surface area contributed by atoms with Gasteiger partial charge < -0.3 is 19.7 Å². The first-order valence-electron chi connectivity index (χ1n) is 7.70. The molecule has 0 amide bonds. The van der Waals surface area contributed by atoms with Gasteiger partial charge in [-0.15, -0.1) is 0 Å². The first-order chi connectivity index (χ1) is 10.8. The highest BCUT2D eigenvalue weighted by Crippen LogP contribution is 2.15. The summed E-state index contributed by atoms with van der Waals surface area (Å²) in [5.74, 6) is 1.87. The fraction of sp³-hybridized carbons (Fsp3) is 0.714. The van der Waals surface area contributed by atoms with Crippen LogP contribution in [-0.4, -0.2) is 73.8 Å². The van der Waals surface area contributed by atoms with E-state index >= 15 is 0 Å². The number of hydrogen-bond donors (Lipinski definition) is 1. The van der Waals surface area contributed by atoms with Gasteiger partial charge in [-0.1, -0.05) is 0 Å².